The van der Waals surface area contributed by atoms with E-state index in [0.717, 1.165) is 12.7 Å². The summed E-state index contributed by atoms with van der Waals surface area (Å²) in [7, 11) is 0. The number of benzene rings is 2. The number of halogens is 1. The van der Waals surface area contributed by atoms with Crippen LogP contribution in [0.4, 0.5) is 21.5 Å². The van der Waals surface area contributed by atoms with Gasteiger partial charge < -0.3 is 20.0 Å². The van der Waals surface area contributed by atoms with E-state index in [1.807, 2.05) is 30.0 Å². The number of aliphatic carboxylic acids is 2. The zero-order valence-electron chi connectivity index (χ0n) is 21.6. The van der Waals surface area contributed by atoms with Crippen molar-refractivity contribution in [3.8, 4) is 0 Å². The number of rotatable bonds is 9. The highest BCUT2D eigenvalue weighted by Gasteiger charge is 2.39. The third kappa shape index (κ3) is 5.33. The van der Waals surface area contributed by atoms with E-state index in [1.165, 1.54) is 17.4 Å². The van der Waals surface area contributed by atoms with Crippen molar-refractivity contribution in [2.45, 2.75) is 52.2 Å². The molecule has 1 atom stereocenters. The van der Waals surface area contributed by atoms with Crippen LogP contribution >= 0.6 is 0 Å². The molecule has 202 valence electrons. The van der Waals surface area contributed by atoms with Crippen molar-refractivity contribution in [3.05, 3.63) is 74.7 Å². The fraction of sp³-hybridized carbons (Fsp3) is 0.407. The first-order valence-electron chi connectivity index (χ1n) is 12.5. The topological polar surface area (TPSA) is 127 Å². The Kier molecular flexibility index (Phi) is 7.68. The molecule has 1 unspecified atom stereocenters. The molecule has 1 heterocycles. The van der Waals surface area contributed by atoms with Crippen LogP contribution in [-0.2, 0) is 16.1 Å². The van der Waals surface area contributed by atoms with E-state index in [2.05, 4.69) is 17.0 Å². The Morgan fingerprint density at radius 2 is 1.76 bits per heavy atom. The van der Waals surface area contributed by atoms with E-state index in [-0.39, 0.29) is 34.6 Å². The summed E-state index contributed by atoms with van der Waals surface area (Å²) in [6.07, 6.45) is 2.13. The zero-order valence-corrected chi connectivity index (χ0v) is 21.6. The number of hydrogen-bond donors (Lipinski definition) is 2. The Balaban J connectivity index is 1.76. The number of nitro groups is 1. The van der Waals surface area contributed by atoms with Gasteiger partial charge >= 0.3 is 11.9 Å². The summed E-state index contributed by atoms with van der Waals surface area (Å²) in [5, 5.41) is 31.0. The lowest BCUT2D eigenvalue weighted by Crippen LogP contribution is -2.52. The number of nitro benzene ring substituents is 1. The Hall–Kier alpha value is -3.99. The molecule has 10 nitrogen and oxygen atoms in total. The van der Waals surface area contributed by atoms with Crippen molar-refractivity contribution in [1.82, 2.24) is 4.90 Å². The maximum absolute atomic E-state index is 15.8. The standard InChI is InChI=1S/C27H31FN4O6/c1-16-13-30(12-11-29(16)14-19-7-5-4-6-8-19)23-18(3)24(25(32(37)38)17(2)22(23)28)31(20-9-10-20)15-21(26(33)34)27(35)36/h4-8,15-16,20H,9-14H2,1-3H3,(H,33,34)(H,35,36). The van der Waals surface area contributed by atoms with Crippen LogP contribution in [0, 0.1) is 29.8 Å². The molecule has 1 saturated heterocycles. The number of hydrogen-bond acceptors (Lipinski definition) is 7. The van der Waals surface area contributed by atoms with Gasteiger partial charge in [0.15, 0.2) is 11.4 Å². The molecule has 2 fully saturated rings. The normalized spacial score (nSPS) is 17.7. The van der Waals surface area contributed by atoms with E-state index >= 15 is 4.39 Å². The van der Waals surface area contributed by atoms with Crippen molar-refractivity contribution in [2.24, 2.45) is 0 Å². The SMILES string of the molecule is Cc1c(N2CCN(Cc3ccccc3)C(C)C2)c(F)c(C)c([N+](=O)[O-])c1N(C=C(C(=O)O)C(=O)O)C1CC1. The van der Waals surface area contributed by atoms with Crippen LogP contribution in [0.15, 0.2) is 42.1 Å². The largest absolute Gasteiger partial charge is 0.477 e. The van der Waals surface area contributed by atoms with E-state index in [4.69, 9.17) is 0 Å². The molecule has 0 amide bonds. The summed E-state index contributed by atoms with van der Waals surface area (Å²) in [6.45, 7) is 7.32. The summed E-state index contributed by atoms with van der Waals surface area (Å²) in [5.41, 5.74) is 0.127. The predicted octanol–water partition coefficient (Wildman–Crippen LogP) is 4.08. The number of nitrogens with zero attached hydrogens (tertiary/aromatic N) is 4. The molecule has 4 rings (SSSR count). The molecule has 2 aromatic rings. The van der Waals surface area contributed by atoms with Gasteiger partial charge in [-0.05, 0) is 39.2 Å². The van der Waals surface area contributed by atoms with Gasteiger partial charge in [0.2, 0.25) is 0 Å². The molecule has 11 heteroatoms. The van der Waals surface area contributed by atoms with Crippen LogP contribution in [0.2, 0.25) is 0 Å². The molecule has 2 aliphatic rings. The number of anilines is 2. The molecule has 0 aromatic heterocycles. The molecular formula is C27H31FN4O6. The summed E-state index contributed by atoms with van der Waals surface area (Å²) in [4.78, 5) is 40.2. The predicted molar refractivity (Wildman–Crippen MR) is 140 cm³/mol. The molecule has 1 aliphatic heterocycles. The highest BCUT2D eigenvalue weighted by molar-refractivity contribution is 6.12. The van der Waals surface area contributed by atoms with Gasteiger partial charge in [0, 0.05) is 50.0 Å². The minimum Gasteiger partial charge on any atom is -0.477 e. The lowest BCUT2D eigenvalue weighted by molar-refractivity contribution is -0.384. The van der Waals surface area contributed by atoms with Gasteiger partial charge in [0.25, 0.3) is 5.69 Å². The molecule has 0 spiro atoms. The van der Waals surface area contributed by atoms with Crippen LogP contribution in [0.1, 0.15) is 36.5 Å². The maximum Gasteiger partial charge on any atom is 0.344 e. The molecule has 38 heavy (non-hydrogen) atoms. The number of piperazine rings is 1. The molecular weight excluding hydrogens is 495 g/mol. The minimum absolute atomic E-state index is 0.0331. The summed E-state index contributed by atoms with van der Waals surface area (Å²) in [6, 6.07) is 9.77. The van der Waals surface area contributed by atoms with Gasteiger partial charge in [0.05, 0.1) is 16.2 Å². The lowest BCUT2D eigenvalue weighted by atomic mass is 10.00. The summed E-state index contributed by atoms with van der Waals surface area (Å²) < 4.78 is 15.8. The van der Waals surface area contributed by atoms with Crippen LogP contribution in [0.5, 0.6) is 0 Å². The van der Waals surface area contributed by atoms with Crippen molar-refractivity contribution in [2.75, 3.05) is 29.4 Å². The monoisotopic (exact) mass is 526 g/mol. The fourth-order valence-electron chi connectivity index (χ4n) is 5.13. The maximum atomic E-state index is 15.8. The Morgan fingerprint density at radius 1 is 1.13 bits per heavy atom. The summed E-state index contributed by atoms with van der Waals surface area (Å²) in [5.74, 6) is -4.02. The first-order valence-corrected chi connectivity index (χ1v) is 12.5. The fourth-order valence-corrected chi connectivity index (χ4v) is 5.13. The number of carboxylic acid groups (broad SMARTS) is 2. The van der Waals surface area contributed by atoms with E-state index in [0.29, 0.717) is 32.5 Å². The van der Waals surface area contributed by atoms with Crippen molar-refractivity contribution >= 4 is 29.0 Å². The van der Waals surface area contributed by atoms with Gasteiger partial charge in [-0.25, -0.2) is 14.0 Å². The van der Waals surface area contributed by atoms with Crippen molar-refractivity contribution in [1.29, 1.82) is 0 Å². The van der Waals surface area contributed by atoms with E-state index in [9.17, 15) is 29.9 Å². The Morgan fingerprint density at radius 3 is 2.29 bits per heavy atom. The molecule has 2 N–H and O–H groups in total. The smallest absolute Gasteiger partial charge is 0.344 e. The number of carboxylic acids is 2. The van der Waals surface area contributed by atoms with E-state index < -0.39 is 33.9 Å². The molecule has 1 saturated carbocycles. The molecule has 2 aromatic carbocycles. The highest BCUT2D eigenvalue weighted by Crippen LogP contribution is 2.47. The molecule has 0 bridgehead atoms. The first-order chi connectivity index (χ1) is 18.0. The third-order valence-electron chi connectivity index (χ3n) is 7.25. The van der Waals surface area contributed by atoms with Gasteiger partial charge in [-0.2, -0.15) is 0 Å². The van der Waals surface area contributed by atoms with Crippen molar-refractivity contribution in [3.63, 3.8) is 0 Å². The van der Waals surface area contributed by atoms with Gasteiger partial charge in [0.1, 0.15) is 5.69 Å². The van der Waals surface area contributed by atoms with Gasteiger partial charge in [-0.15, -0.1) is 0 Å². The lowest BCUT2D eigenvalue weighted by Gasteiger charge is -2.42. The second kappa shape index (κ2) is 10.8. The number of carbonyl (C=O) groups is 2. The zero-order chi connectivity index (χ0) is 27.7. The van der Waals surface area contributed by atoms with Gasteiger partial charge in [-0.3, -0.25) is 15.0 Å². The molecule has 0 radical (unpaired) electrons. The first kappa shape index (κ1) is 27.1. The third-order valence-corrected chi connectivity index (χ3v) is 7.25. The van der Waals surface area contributed by atoms with Crippen LogP contribution in [0.3, 0.4) is 0 Å². The minimum atomic E-state index is -1.66. The van der Waals surface area contributed by atoms with Crippen LogP contribution in [-0.4, -0.2) is 63.7 Å². The Labute approximate surface area is 219 Å². The average Bonchev–Trinajstić information content (AvgIpc) is 3.69. The average molecular weight is 527 g/mol. The second-order valence-electron chi connectivity index (χ2n) is 9.91. The summed E-state index contributed by atoms with van der Waals surface area (Å²) >= 11 is 0. The van der Waals surface area contributed by atoms with Crippen LogP contribution < -0.4 is 9.80 Å². The van der Waals surface area contributed by atoms with Crippen LogP contribution in [0.25, 0.3) is 0 Å². The second-order valence-corrected chi connectivity index (χ2v) is 9.91. The highest BCUT2D eigenvalue weighted by atomic mass is 19.1. The van der Waals surface area contributed by atoms with E-state index in [1.54, 1.807) is 6.92 Å². The van der Waals surface area contributed by atoms with Crippen molar-refractivity contribution < 1.29 is 29.1 Å². The quantitative estimate of drug-likeness (QED) is 0.163. The van der Waals surface area contributed by atoms with Gasteiger partial charge in [-0.1, -0.05) is 30.3 Å². The Bertz CT molecular complexity index is 1280. The molecule has 1 aliphatic carbocycles.